The molecule has 0 bridgehead atoms. The van der Waals surface area contributed by atoms with E-state index in [-0.39, 0.29) is 0 Å². The molecule has 0 spiro atoms. The van der Waals surface area contributed by atoms with Crippen LogP contribution in [0.5, 0.6) is 0 Å². The third-order valence-corrected chi connectivity index (χ3v) is 2.72. The maximum atomic E-state index is 8.68. The lowest BCUT2D eigenvalue weighted by Crippen LogP contribution is -2.00. The van der Waals surface area contributed by atoms with Gasteiger partial charge in [-0.2, -0.15) is 10.5 Å². The molecule has 0 aromatic carbocycles. The van der Waals surface area contributed by atoms with Crippen LogP contribution in [0, 0.1) is 35.5 Å². The van der Waals surface area contributed by atoms with Crippen LogP contribution in [0.25, 0.3) is 0 Å². The van der Waals surface area contributed by atoms with Gasteiger partial charge >= 0.3 is 0 Å². The SMILES string of the molecule is CCSc1nc(C)c(CC(C#N)C#N)[nH]1. The Morgan fingerprint density at radius 2 is 2.13 bits per heavy atom. The molecule has 4 nitrogen and oxygen atoms in total. The molecule has 0 aliphatic carbocycles. The van der Waals surface area contributed by atoms with Crippen LogP contribution < -0.4 is 0 Å². The average molecular weight is 220 g/mol. The van der Waals surface area contributed by atoms with Gasteiger partial charge in [0.05, 0.1) is 17.8 Å². The van der Waals surface area contributed by atoms with E-state index in [2.05, 4.69) is 16.9 Å². The fourth-order valence-corrected chi connectivity index (χ4v) is 1.87. The van der Waals surface area contributed by atoms with Crippen LogP contribution in [0.4, 0.5) is 0 Å². The summed E-state index contributed by atoms with van der Waals surface area (Å²) >= 11 is 1.62. The fourth-order valence-electron chi connectivity index (χ4n) is 1.20. The van der Waals surface area contributed by atoms with Gasteiger partial charge in [0.2, 0.25) is 0 Å². The monoisotopic (exact) mass is 220 g/mol. The largest absolute Gasteiger partial charge is 0.337 e. The van der Waals surface area contributed by atoms with Crippen molar-refractivity contribution in [3.63, 3.8) is 0 Å². The molecule has 1 aromatic heterocycles. The average Bonchev–Trinajstić information content (AvgIpc) is 2.56. The molecule has 0 aliphatic rings. The molecule has 0 unspecified atom stereocenters. The van der Waals surface area contributed by atoms with Gasteiger partial charge in [-0.1, -0.05) is 18.7 Å². The van der Waals surface area contributed by atoms with Crippen LogP contribution in [0.3, 0.4) is 0 Å². The van der Waals surface area contributed by atoms with Gasteiger partial charge < -0.3 is 4.98 Å². The Kier molecular flexibility index (Phi) is 4.20. The van der Waals surface area contributed by atoms with Crippen LogP contribution in [0.1, 0.15) is 18.3 Å². The minimum absolute atomic E-state index is 0.427. The van der Waals surface area contributed by atoms with Crippen LogP contribution in [-0.4, -0.2) is 15.7 Å². The van der Waals surface area contributed by atoms with E-state index < -0.39 is 5.92 Å². The number of nitriles is 2. The predicted molar refractivity (Wildman–Crippen MR) is 58.1 cm³/mol. The van der Waals surface area contributed by atoms with E-state index in [1.165, 1.54) is 0 Å². The number of aromatic nitrogens is 2. The lowest BCUT2D eigenvalue weighted by Gasteiger charge is -1.97. The Balaban J connectivity index is 2.78. The van der Waals surface area contributed by atoms with Gasteiger partial charge in [-0.3, -0.25) is 0 Å². The van der Waals surface area contributed by atoms with Gasteiger partial charge in [0, 0.05) is 12.1 Å². The van der Waals surface area contributed by atoms with E-state index in [1.807, 2.05) is 19.1 Å². The van der Waals surface area contributed by atoms with E-state index in [4.69, 9.17) is 10.5 Å². The number of aryl methyl sites for hydroxylation is 1. The van der Waals surface area contributed by atoms with Crippen molar-refractivity contribution >= 4 is 11.8 Å². The smallest absolute Gasteiger partial charge is 0.165 e. The number of hydrogen-bond acceptors (Lipinski definition) is 4. The second-order valence-electron chi connectivity index (χ2n) is 3.05. The molecule has 0 aliphatic heterocycles. The molecule has 78 valence electrons. The number of hydrogen-bond donors (Lipinski definition) is 1. The van der Waals surface area contributed by atoms with Crippen molar-refractivity contribution in [2.24, 2.45) is 5.92 Å². The van der Waals surface area contributed by atoms with Crippen molar-refractivity contribution in [1.29, 1.82) is 10.5 Å². The second-order valence-corrected chi connectivity index (χ2v) is 4.31. The van der Waals surface area contributed by atoms with Gasteiger partial charge in [-0.25, -0.2) is 4.98 Å². The Labute approximate surface area is 93.3 Å². The second kappa shape index (κ2) is 5.43. The Hall–Kier alpha value is -1.46. The van der Waals surface area contributed by atoms with Crippen molar-refractivity contribution in [2.45, 2.75) is 25.4 Å². The van der Waals surface area contributed by atoms with Crippen molar-refractivity contribution in [3.8, 4) is 12.1 Å². The number of rotatable bonds is 4. The number of H-pyrrole nitrogens is 1. The third kappa shape index (κ3) is 3.00. The zero-order valence-electron chi connectivity index (χ0n) is 8.74. The van der Waals surface area contributed by atoms with Crippen LogP contribution >= 0.6 is 11.8 Å². The van der Waals surface area contributed by atoms with Crippen molar-refractivity contribution in [1.82, 2.24) is 9.97 Å². The molecule has 0 fully saturated rings. The van der Waals surface area contributed by atoms with E-state index >= 15 is 0 Å². The van der Waals surface area contributed by atoms with E-state index in [0.29, 0.717) is 6.42 Å². The first-order chi connectivity index (χ1) is 7.21. The highest BCUT2D eigenvalue weighted by atomic mass is 32.2. The van der Waals surface area contributed by atoms with E-state index in [0.717, 1.165) is 22.3 Å². The molecule has 1 heterocycles. The molecule has 1 N–H and O–H groups in total. The third-order valence-electron chi connectivity index (χ3n) is 1.96. The summed E-state index contributed by atoms with van der Waals surface area (Å²) in [6.45, 7) is 3.94. The molecule has 15 heavy (non-hydrogen) atoms. The fraction of sp³-hybridized carbons (Fsp3) is 0.500. The molecule has 5 heteroatoms. The summed E-state index contributed by atoms with van der Waals surface area (Å²) in [5.74, 6) is 0.357. The quantitative estimate of drug-likeness (QED) is 0.788. The summed E-state index contributed by atoms with van der Waals surface area (Å²) in [5.41, 5.74) is 1.76. The van der Waals surface area contributed by atoms with Crippen LogP contribution in [0.15, 0.2) is 5.16 Å². The standard InChI is InChI=1S/C10H12N4S/c1-3-15-10-13-7(2)9(14-10)4-8(5-11)6-12/h8H,3-4H2,1-2H3,(H,13,14). The minimum Gasteiger partial charge on any atom is -0.337 e. The zero-order valence-corrected chi connectivity index (χ0v) is 9.56. The lowest BCUT2D eigenvalue weighted by molar-refractivity contribution is 0.801. The number of aromatic amines is 1. The topological polar surface area (TPSA) is 76.3 Å². The first-order valence-electron chi connectivity index (χ1n) is 4.68. The first-order valence-corrected chi connectivity index (χ1v) is 5.67. The summed E-state index contributed by atoms with van der Waals surface area (Å²) in [7, 11) is 0. The van der Waals surface area contributed by atoms with E-state index in [9.17, 15) is 0 Å². The molecule has 0 radical (unpaired) electrons. The number of thioether (sulfide) groups is 1. The van der Waals surface area contributed by atoms with Gasteiger partial charge in [-0.15, -0.1) is 0 Å². The molecule has 1 aromatic rings. The lowest BCUT2D eigenvalue weighted by atomic mass is 10.1. The van der Waals surface area contributed by atoms with Gasteiger partial charge in [0.25, 0.3) is 0 Å². The first kappa shape index (κ1) is 11.6. The maximum absolute atomic E-state index is 8.68. The Morgan fingerprint density at radius 3 is 2.67 bits per heavy atom. The van der Waals surface area contributed by atoms with Gasteiger partial charge in [0.1, 0.15) is 5.92 Å². The molecule has 0 amide bonds. The summed E-state index contributed by atoms with van der Waals surface area (Å²) in [4.78, 5) is 7.44. The van der Waals surface area contributed by atoms with Gasteiger partial charge in [-0.05, 0) is 12.7 Å². The number of nitrogens with one attached hydrogen (secondary N) is 1. The molecule has 1 rings (SSSR count). The summed E-state index contributed by atoms with van der Waals surface area (Å²) in [5, 5.41) is 18.2. The van der Waals surface area contributed by atoms with Crippen LogP contribution in [0.2, 0.25) is 0 Å². The predicted octanol–water partition coefficient (Wildman–Crippen LogP) is 2.04. The summed E-state index contributed by atoms with van der Waals surface area (Å²) < 4.78 is 0. The molecule has 0 saturated carbocycles. The normalized spacial score (nSPS) is 9.93. The Bertz CT molecular complexity index is 396. The molecular formula is C10H12N4S. The van der Waals surface area contributed by atoms with Gasteiger partial charge in [0.15, 0.2) is 5.16 Å². The van der Waals surface area contributed by atoms with E-state index in [1.54, 1.807) is 11.8 Å². The molecular weight excluding hydrogens is 208 g/mol. The maximum Gasteiger partial charge on any atom is 0.165 e. The van der Waals surface area contributed by atoms with Crippen molar-refractivity contribution in [3.05, 3.63) is 11.4 Å². The Morgan fingerprint density at radius 1 is 1.47 bits per heavy atom. The summed E-state index contributed by atoms with van der Waals surface area (Å²) in [6.07, 6.45) is 0.427. The van der Waals surface area contributed by atoms with Crippen molar-refractivity contribution < 1.29 is 0 Å². The van der Waals surface area contributed by atoms with Crippen LogP contribution in [-0.2, 0) is 6.42 Å². The molecule has 0 saturated heterocycles. The minimum atomic E-state index is -0.594. The number of imidazole rings is 1. The number of nitrogens with zero attached hydrogens (tertiary/aromatic N) is 3. The zero-order chi connectivity index (χ0) is 11.3. The molecule has 0 atom stereocenters. The highest BCUT2D eigenvalue weighted by molar-refractivity contribution is 7.99. The highest BCUT2D eigenvalue weighted by Gasteiger charge is 2.12. The highest BCUT2D eigenvalue weighted by Crippen LogP contribution is 2.18. The van der Waals surface area contributed by atoms with Crippen molar-refractivity contribution in [2.75, 3.05) is 5.75 Å². The summed E-state index contributed by atoms with van der Waals surface area (Å²) in [6, 6.07) is 3.91.